The molecule has 0 saturated heterocycles. The van der Waals surface area contributed by atoms with Crippen molar-refractivity contribution in [3.05, 3.63) is 59.7 Å². The number of amides is 3. The van der Waals surface area contributed by atoms with Crippen LogP contribution in [0.15, 0.2) is 48.5 Å². The van der Waals surface area contributed by atoms with Gasteiger partial charge in [-0.25, -0.2) is 4.98 Å². The Labute approximate surface area is 140 Å². The monoisotopic (exact) mass is 337 g/mol. The van der Waals surface area contributed by atoms with Gasteiger partial charge in [-0.1, -0.05) is 35.6 Å². The summed E-state index contributed by atoms with van der Waals surface area (Å²) in [7, 11) is 0. The molecule has 118 valence electrons. The Kier molecular flexibility index (Phi) is 3.17. The van der Waals surface area contributed by atoms with Gasteiger partial charge in [0.2, 0.25) is 11.0 Å². The van der Waals surface area contributed by atoms with Crippen molar-refractivity contribution in [2.75, 3.05) is 5.01 Å². The highest BCUT2D eigenvalue weighted by Gasteiger charge is 2.42. The van der Waals surface area contributed by atoms with Crippen molar-refractivity contribution in [2.24, 2.45) is 0 Å². The average Bonchev–Trinajstić information content (AvgIpc) is 3.10. The van der Waals surface area contributed by atoms with Crippen LogP contribution in [0.4, 0.5) is 5.13 Å². The number of fused-ring (bicyclic) bond motifs is 2. The maximum absolute atomic E-state index is 12.6. The average molecular weight is 337 g/mol. The number of thiazole rings is 1. The predicted molar refractivity (Wildman–Crippen MR) is 89.7 cm³/mol. The molecule has 2 aromatic carbocycles. The summed E-state index contributed by atoms with van der Waals surface area (Å²) in [6, 6.07) is 13.9. The van der Waals surface area contributed by atoms with E-state index < -0.39 is 17.7 Å². The molecular weight excluding hydrogens is 326 g/mol. The lowest BCUT2D eigenvalue weighted by atomic mass is 10.1. The summed E-state index contributed by atoms with van der Waals surface area (Å²) < 4.78 is 0.871. The molecule has 3 amide bonds. The smallest absolute Gasteiger partial charge is 0.273 e. The molecule has 4 rings (SSSR count). The summed E-state index contributed by atoms with van der Waals surface area (Å²) in [5, 5.41) is 2.21. The first-order valence-corrected chi connectivity index (χ1v) is 8.03. The van der Waals surface area contributed by atoms with Crippen LogP contribution >= 0.6 is 11.3 Å². The topological polar surface area (TPSA) is 70.6 Å². The molecule has 2 heterocycles. The van der Waals surface area contributed by atoms with E-state index in [1.165, 1.54) is 18.3 Å². The van der Waals surface area contributed by atoms with Gasteiger partial charge in [0.15, 0.2) is 0 Å². The van der Waals surface area contributed by atoms with Crippen molar-refractivity contribution in [2.45, 2.75) is 6.92 Å². The summed E-state index contributed by atoms with van der Waals surface area (Å²) >= 11 is 1.25. The minimum atomic E-state index is -0.523. The molecule has 0 atom stereocenters. The summed E-state index contributed by atoms with van der Waals surface area (Å²) in [5.74, 6) is -1.50. The van der Waals surface area contributed by atoms with Crippen LogP contribution in [0.3, 0.4) is 0 Å². The van der Waals surface area contributed by atoms with E-state index in [0.29, 0.717) is 10.6 Å². The lowest BCUT2D eigenvalue weighted by Crippen LogP contribution is -2.49. The summed E-state index contributed by atoms with van der Waals surface area (Å²) in [6.07, 6.45) is 0. The number of nitrogens with zero attached hydrogens (tertiary/aromatic N) is 3. The standard InChI is InChI=1S/C17H11N3O3S/c1-10(21)19(17-18-13-8-4-5-9-14(13)24-17)20-15(22)11-6-2-3-7-12(11)16(20)23/h2-9H,1H3. The van der Waals surface area contributed by atoms with Crippen molar-refractivity contribution >= 4 is 44.4 Å². The molecule has 3 aromatic rings. The molecule has 1 aliphatic rings. The molecular formula is C17H11N3O3S. The Hall–Kier alpha value is -3.06. The zero-order valence-electron chi connectivity index (χ0n) is 12.6. The van der Waals surface area contributed by atoms with Gasteiger partial charge in [-0.05, 0) is 24.3 Å². The Balaban J connectivity index is 1.84. The minimum Gasteiger partial charge on any atom is -0.273 e. The highest BCUT2D eigenvalue weighted by Crippen LogP contribution is 2.33. The molecule has 1 aromatic heterocycles. The fraction of sp³-hybridized carbons (Fsp3) is 0.0588. The van der Waals surface area contributed by atoms with Crippen LogP contribution in [0.25, 0.3) is 10.2 Å². The number of hydrazine groups is 1. The summed E-state index contributed by atoms with van der Waals surface area (Å²) in [5.41, 5.74) is 1.28. The van der Waals surface area contributed by atoms with Crippen LogP contribution in [0.2, 0.25) is 0 Å². The summed E-state index contributed by atoms with van der Waals surface area (Å²) in [4.78, 5) is 41.8. The number of imide groups is 1. The Bertz CT molecular complexity index is 943. The molecule has 24 heavy (non-hydrogen) atoms. The Morgan fingerprint density at radius 1 is 1.00 bits per heavy atom. The molecule has 0 N–H and O–H groups in total. The van der Waals surface area contributed by atoms with Gasteiger partial charge >= 0.3 is 0 Å². The number of rotatable bonds is 2. The quantitative estimate of drug-likeness (QED) is 0.674. The Morgan fingerprint density at radius 2 is 1.58 bits per heavy atom. The molecule has 0 saturated carbocycles. The van der Waals surface area contributed by atoms with E-state index in [4.69, 9.17) is 0 Å². The van der Waals surface area contributed by atoms with Gasteiger partial charge in [-0.15, -0.1) is 0 Å². The molecule has 1 aliphatic heterocycles. The molecule has 7 heteroatoms. The highest BCUT2D eigenvalue weighted by atomic mass is 32.1. The molecule has 0 unspecified atom stereocenters. The van der Waals surface area contributed by atoms with Crippen molar-refractivity contribution in [1.82, 2.24) is 9.99 Å². The van der Waals surface area contributed by atoms with Crippen molar-refractivity contribution in [1.29, 1.82) is 0 Å². The number of carbonyl (C=O) groups is 3. The van der Waals surface area contributed by atoms with E-state index >= 15 is 0 Å². The highest BCUT2D eigenvalue weighted by molar-refractivity contribution is 7.22. The first-order valence-electron chi connectivity index (χ1n) is 7.22. The van der Waals surface area contributed by atoms with Crippen LogP contribution in [-0.4, -0.2) is 27.7 Å². The lowest BCUT2D eigenvalue weighted by molar-refractivity contribution is -0.118. The molecule has 0 spiro atoms. The number of hydrogen-bond acceptors (Lipinski definition) is 5. The SMILES string of the molecule is CC(=O)N(c1nc2ccccc2s1)N1C(=O)c2ccccc2C1=O. The molecule has 0 bridgehead atoms. The number of carbonyl (C=O) groups excluding carboxylic acids is 3. The number of aromatic nitrogens is 1. The molecule has 0 radical (unpaired) electrons. The fourth-order valence-corrected chi connectivity index (χ4v) is 3.67. The summed E-state index contributed by atoms with van der Waals surface area (Å²) in [6.45, 7) is 1.30. The number of para-hydroxylation sites is 1. The number of anilines is 1. The van der Waals surface area contributed by atoms with Crippen LogP contribution in [0, 0.1) is 0 Å². The van der Waals surface area contributed by atoms with E-state index in [2.05, 4.69) is 4.98 Å². The van der Waals surface area contributed by atoms with Gasteiger partial charge in [0, 0.05) is 6.92 Å². The molecule has 0 fully saturated rings. The third-order valence-corrected chi connectivity index (χ3v) is 4.75. The second kappa shape index (κ2) is 5.24. The van der Waals surface area contributed by atoms with Gasteiger partial charge in [-0.3, -0.25) is 14.4 Å². The van der Waals surface area contributed by atoms with Crippen molar-refractivity contribution < 1.29 is 14.4 Å². The fourth-order valence-electron chi connectivity index (χ4n) is 2.67. The minimum absolute atomic E-state index is 0.287. The number of hydrogen-bond donors (Lipinski definition) is 0. The van der Waals surface area contributed by atoms with Gasteiger partial charge in [0.1, 0.15) is 0 Å². The zero-order chi connectivity index (χ0) is 16.8. The van der Waals surface area contributed by atoms with Gasteiger partial charge in [0.25, 0.3) is 11.8 Å². The molecule has 6 nitrogen and oxygen atoms in total. The van der Waals surface area contributed by atoms with Gasteiger partial charge in [-0.2, -0.15) is 10.0 Å². The maximum atomic E-state index is 12.6. The van der Waals surface area contributed by atoms with Crippen LogP contribution in [0.1, 0.15) is 27.6 Å². The van der Waals surface area contributed by atoms with Gasteiger partial charge in [0.05, 0.1) is 21.3 Å². The van der Waals surface area contributed by atoms with Crippen LogP contribution < -0.4 is 5.01 Å². The first-order chi connectivity index (χ1) is 11.6. The van der Waals surface area contributed by atoms with E-state index in [9.17, 15) is 14.4 Å². The van der Waals surface area contributed by atoms with E-state index in [0.717, 1.165) is 14.7 Å². The third-order valence-electron chi connectivity index (χ3n) is 3.73. The predicted octanol–water partition coefficient (Wildman–Crippen LogP) is 2.86. The zero-order valence-corrected chi connectivity index (χ0v) is 13.4. The normalized spacial score (nSPS) is 13.5. The van der Waals surface area contributed by atoms with Crippen LogP contribution in [0.5, 0.6) is 0 Å². The third kappa shape index (κ3) is 2.02. The second-order valence-corrected chi connectivity index (χ2v) is 6.27. The van der Waals surface area contributed by atoms with Crippen LogP contribution in [-0.2, 0) is 4.79 Å². The lowest BCUT2D eigenvalue weighted by Gasteiger charge is -2.26. The van der Waals surface area contributed by atoms with Gasteiger partial charge < -0.3 is 0 Å². The maximum Gasteiger partial charge on any atom is 0.281 e. The molecule has 0 aliphatic carbocycles. The largest absolute Gasteiger partial charge is 0.281 e. The van der Waals surface area contributed by atoms with Crippen molar-refractivity contribution in [3.8, 4) is 0 Å². The first kappa shape index (κ1) is 14.5. The number of benzene rings is 2. The van der Waals surface area contributed by atoms with E-state index in [1.807, 2.05) is 24.3 Å². The van der Waals surface area contributed by atoms with E-state index in [1.54, 1.807) is 24.3 Å². The second-order valence-electron chi connectivity index (χ2n) is 5.26. The van der Waals surface area contributed by atoms with Crippen molar-refractivity contribution in [3.63, 3.8) is 0 Å². The Morgan fingerprint density at radius 3 is 2.17 bits per heavy atom. The van der Waals surface area contributed by atoms with E-state index in [-0.39, 0.29) is 11.1 Å².